The molecule has 0 saturated heterocycles. The van der Waals surface area contributed by atoms with Gasteiger partial charge in [-0.15, -0.1) is 0 Å². The number of ether oxygens (including phenoxy) is 1. The Balaban J connectivity index is 2.76. The van der Waals surface area contributed by atoms with Crippen LogP contribution in [0.1, 0.15) is 47.5 Å². The highest BCUT2D eigenvalue weighted by Crippen LogP contribution is 2.54. The molecular weight excluding hydrogens is 319 g/mol. The fourth-order valence-electron chi connectivity index (χ4n) is 2.00. The maximum Gasteiger partial charge on any atom is 0.356 e. The molecule has 1 N–H and O–H groups in total. The molecule has 9 heteroatoms. The first-order chi connectivity index (χ1) is 9.40. The Labute approximate surface area is 126 Å². The molecule has 0 amide bonds. The highest BCUT2D eigenvalue weighted by atomic mass is 32.2. The topological polar surface area (TPSA) is 99.1 Å². The van der Waals surface area contributed by atoms with Crippen LogP contribution in [-0.4, -0.2) is 42.4 Å². The van der Waals surface area contributed by atoms with Gasteiger partial charge in [-0.3, -0.25) is 9.12 Å². The third kappa shape index (κ3) is 5.62. The molecule has 1 atom stereocenters. The summed E-state index contributed by atoms with van der Waals surface area (Å²) in [6, 6.07) is 0. The van der Waals surface area contributed by atoms with Crippen LogP contribution in [-0.2, 0) is 28.5 Å². The van der Waals surface area contributed by atoms with Gasteiger partial charge in [0.15, 0.2) is 0 Å². The Bertz CT molecular complexity index is 482. The van der Waals surface area contributed by atoms with Gasteiger partial charge in [0, 0.05) is 0 Å². The van der Waals surface area contributed by atoms with Gasteiger partial charge in [-0.1, -0.05) is 0 Å². The average Bonchev–Trinajstić information content (AvgIpc) is 3.03. The zero-order valence-electron chi connectivity index (χ0n) is 13.1. The Hall–Kier alpha value is 0.0200. The molecule has 1 saturated carbocycles. The van der Waals surface area contributed by atoms with Crippen LogP contribution in [0.2, 0.25) is 0 Å². The second kappa shape index (κ2) is 6.64. The van der Waals surface area contributed by atoms with Crippen molar-refractivity contribution in [2.75, 3.05) is 6.35 Å². The second-order valence-corrected chi connectivity index (χ2v) is 9.55. The lowest BCUT2D eigenvalue weighted by Crippen LogP contribution is -2.36. The van der Waals surface area contributed by atoms with E-state index >= 15 is 0 Å². The number of hydrogen-bond acceptors (Lipinski definition) is 6. The largest absolute Gasteiger partial charge is 0.361 e. The van der Waals surface area contributed by atoms with Crippen LogP contribution >= 0.6 is 7.60 Å². The van der Waals surface area contributed by atoms with Gasteiger partial charge < -0.3 is 13.8 Å². The molecule has 0 radical (unpaired) electrons. The average molecular weight is 344 g/mol. The van der Waals surface area contributed by atoms with Crippen LogP contribution in [0.3, 0.4) is 0 Å². The van der Waals surface area contributed by atoms with Crippen molar-refractivity contribution in [3.8, 4) is 0 Å². The molecule has 0 aromatic heterocycles. The van der Waals surface area contributed by atoms with Gasteiger partial charge in [0.2, 0.25) is 0 Å². The Morgan fingerprint density at radius 2 is 1.52 bits per heavy atom. The molecule has 1 aliphatic rings. The van der Waals surface area contributed by atoms with Crippen molar-refractivity contribution in [1.82, 2.24) is 0 Å². The van der Waals surface area contributed by atoms with Crippen LogP contribution < -0.4 is 0 Å². The zero-order valence-corrected chi connectivity index (χ0v) is 14.8. The van der Waals surface area contributed by atoms with Gasteiger partial charge in [-0.25, -0.2) is 0 Å². The Morgan fingerprint density at radius 1 is 1.10 bits per heavy atom. The van der Waals surface area contributed by atoms with E-state index < -0.39 is 28.6 Å². The van der Waals surface area contributed by atoms with Gasteiger partial charge in [-0.2, -0.15) is 8.42 Å². The lowest BCUT2D eigenvalue weighted by Gasteiger charge is -2.27. The highest BCUT2D eigenvalue weighted by Gasteiger charge is 2.55. The van der Waals surface area contributed by atoms with Crippen LogP contribution in [0.25, 0.3) is 0 Å². The predicted octanol–water partition coefficient (Wildman–Crippen LogP) is 2.81. The first kappa shape index (κ1) is 19.1. The minimum atomic E-state index is -4.21. The molecule has 7 nitrogen and oxygen atoms in total. The highest BCUT2D eigenvalue weighted by molar-refractivity contribution is 7.86. The van der Waals surface area contributed by atoms with E-state index in [4.69, 9.17) is 18.3 Å². The van der Waals surface area contributed by atoms with E-state index in [2.05, 4.69) is 0 Å². The molecule has 1 rings (SSSR count). The van der Waals surface area contributed by atoms with E-state index in [1.807, 2.05) is 0 Å². The van der Waals surface area contributed by atoms with Crippen LogP contribution in [0.15, 0.2) is 0 Å². The minimum Gasteiger partial charge on any atom is -0.361 e. The van der Waals surface area contributed by atoms with Gasteiger partial charge >= 0.3 is 7.60 Å². The molecule has 0 heterocycles. The maximum absolute atomic E-state index is 12.6. The van der Waals surface area contributed by atoms with E-state index in [-0.39, 0.29) is 18.6 Å². The molecule has 0 aromatic carbocycles. The molecule has 1 unspecified atom stereocenters. The van der Waals surface area contributed by atoms with Crippen molar-refractivity contribution in [1.29, 1.82) is 0 Å². The molecule has 1 aliphatic carbocycles. The van der Waals surface area contributed by atoms with E-state index in [1.165, 1.54) is 6.92 Å². The lowest BCUT2D eigenvalue weighted by molar-refractivity contribution is 0.0360. The third-order valence-electron chi connectivity index (χ3n) is 3.18. The standard InChI is InChI=1S/C12H25O7PS/c1-9(2)18-20(13,19-10(3)4)8-17-12(6-7-12)11(5)21(14,15)16/h9-11H,6-8H2,1-5H3,(H,14,15,16). The number of rotatable bonds is 9. The van der Waals surface area contributed by atoms with Crippen LogP contribution in [0, 0.1) is 0 Å². The quantitative estimate of drug-likeness (QED) is 0.507. The van der Waals surface area contributed by atoms with Gasteiger partial charge in [0.05, 0.1) is 17.8 Å². The van der Waals surface area contributed by atoms with Gasteiger partial charge in [0.25, 0.3) is 10.1 Å². The summed E-state index contributed by atoms with van der Waals surface area (Å²) in [7, 11) is -7.69. The molecule has 21 heavy (non-hydrogen) atoms. The Morgan fingerprint density at radius 3 is 1.81 bits per heavy atom. The SMILES string of the molecule is CC(C)OP(=O)(COC1(C(C)S(=O)(=O)O)CC1)OC(C)C. The first-order valence-electron chi connectivity index (χ1n) is 6.96. The summed E-state index contributed by atoms with van der Waals surface area (Å²) in [5, 5.41) is -1.07. The summed E-state index contributed by atoms with van der Waals surface area (Å²) in [4.78, 5) is 0. The third-order valence-corrected chi connectivity index (χ3v) is 6.44. The summed E-state index contributed by atoms with van der Waals surface area (Å²) in [5.74, 6) is 0. The smallest absolute Gasteiger partial charge is 0.356 e. The monoisotopic (exact) mass is 344 g/mol. The fraction of sp³-hybridized carbons (Fsp3) is 1.00. The van der Waals surface area contributed by atoms with Gasteiger partial charge in [-0.05, 0) is 47.5 Å². The molecular formula is C12H25O7PS. The molecule has 0 aromatic rings. The summed E-state index contributed by atoms with van der Waals surface area (Å²) < 4.78 is 60.4. The van der Waals surface area contributed by atoms with E-state index in [0.717, 1.165) is 0 Å². The summed E-state index contributed by atoms with van der Waals surface area (Å²) >= 11 is 0. The van der Waals surface area contributed by atoms with E-state index in [9.17, 15) is 13.0 Å². The van der Waals surface area contributed by atoms with Crippen molar-refractivity contribution < 1.29 is 31.3 Å². The normalized spacial score (nSPS) is 20.0. The predicted molar refractivity (Wildman–Crippen MR) is 79.0 cm³/mol. The summed E-state index contributed by atoms with van der Waals surface area (Å²) in [6.45, 7) is 8.28. The van der Waals surface area contributed by atoms with Crippen molar-refractivity contribution >= 4 is 17.7 Å². The molecule has 0 spiro atoms. The van der Waals surface area contributed by atoms with Crippen LogP contribution in [0.4, 0.5) is 0 Å². The van der Waals surface area contributed by atoms with Crippen molar-refractivity contribution in [2.45, 2.75) is 70.5 Å². The van der Waals surface area contributed by atoms with E-state index in [1.54, 1.807) is 27.7 Å². The maximum atomic E-state index is 12.6. The molecule has 0 bridgehead atoms. The van der Waals surface area contributed by atoms with Crippen LogP contribution in [0.5, 0.6) is 0 Å². The van der Waals surface area contributed by atoms with Crippen molar-refractivity contribution in [3.05, 3.63) is 0 Å². The van der Waals surface area contributed by atoms with E-state index in [0.29, 0.717) is 12.8 Å². The summed E-state index contributed by atoms with van der Waals surface area (Å²) in [6.07, 6.45) is 0.0114. The Kier molecular flexibility index (Phi) is 6.03. The van der Waals surface area contributed by atoms with Gasteiger partial charge in [0.1, 0.15) is 11.6 Å². The second-order valence-electron chi connectivity index (χ2n) is 5.91. The molecule has 0 aliphatic heterocycles. The zero-order chi connectivity index (χ0) is 16.5. The fourth-order valence-corrected chi connectivity index (χ4v) is 4.72. The summed E-state index contributed by atoms with van der Waals surface area (Å²) in [5.41, 5.74) is -0.996. The minimum absolute atomic E-state index is 0.313. The molecule has 1 fully saturated rings. The first-order valence-corrected chi connectivity index (χ1v) is 10.2. The lowest BCUT2D eigenvalue weighted by atomic mass is 10.2. The molecule has 126 valence electrons. The van der Waals surface area contributed by atoms with Crippen molar-refractivity contribution in [3.63, 3.8) is 0 Å². The number of hydrogen-bond donors (Lipinski definition) is 1. The van der Waals surface area contributed by atoms with Crippen molar-refractivity contribution in [2.24, 2.45) is 0 Å².